The maximum absolute atomic E-state index is 14.2. The summed E-state index contributed by atoms with van der Waals surface area (Å²) in [6, 6.07) is 0.324. The van der Waals surface area contributed by atoms with Gasteiger partial charge in [-0.3, -0.25) is 19.1 Å². The number of benzene rings is 1. The van der Waals surface area contributed by atoms with Gasteiger partial charge in [0.05, 0.1) is 61.1 Å². The van der Waals surface area contributed by atoms with Crippen LogP contribution in [0.15, 0.2) is 24.5 Å². The summed E-state index contributed by atoms with van der Waals surface area (Å²) in [4.78, 5) is 35.6. The van der Waals surface area contributed by atoms with Gasteiger partial charge in [0.25, 0.3) is 5.91 Å². The molecule has 2 aromatic rings. The molecule has 168 valence electrons. The standard InChI is InChI=1S/C18H16ClF4N3O5/c1-30-13(27)5-10(6-14(28)31-2)26-8-9(7-24-26)25-17(29)15-11(18(21,22)23)3-4-12(19)16(15)20/h3-4,7-8,10H,5-6H2,1-2H3,(H,25,29). The highest BCUT2D eigenvalue weighted by Crippen LogP contribution is 2.35. The van der Waals surface area contributed by atoms with E-state index in [0.29, 0.717) is 12.1 Å². The van der Waals surface area contributed by atoms with Crippen LogP contribution in [0.3, 0.4) is 0 Å². The molecule has 0 radical (unpaired) electrons. The Kier molecular flexibility index (Phi) is 7.60. The van der Waals surface area contributed by atoms with E-state index in [9.17, 15) is 31.9 Å². The van der Waals surface area contributed by atoms with Crippen molar-refractivity contribution in [3.63, 3.8) is 0 Å². The summed E-state index contributed by atoms with van der Waals surface area (Å²) in [5, 5.41) is 5.33. The van der Waals surface area contributed by atoms with E-state index < -0.39 is 52.0 Å². The molecule has 0 spiro atoms. The number of rotatable bonds is 7. The average Bonchev–Trinajstić information content (AvgIpc) is 3.16. The molecule has 31 heavy (non-hydrogen) atoms. The molecule has 1 N–H and O–H groups in total. The van der Waals surface area contributed by atoms with Crippen LogP contribution < -0.4 is 5.32 Å². The Balaban J connectivity index is 2.31. The second-order valence-electron chi connectivity index (χ2n) is 6.16. The molecule has 1 aromatic carbocycles. The van der Waals surface area contributed by atoms with Crippen molar-refractivity contribution >= 4 is 35.1 Å². The number of hydrogen-bond donors (Lipinski definition) is 1. The van der Waals surface area contributed by atoms with Crippen molar-refractivity contribution in [2.45, 2.75) is 25.1 Å². The fourth-order valence-electron chi connectivity index (χ4n) is 2.62. The molecular weight excluding hydrogens is 450 g/mol. The third-order valence-corrected chi connectivity index (χ3v) is 4.41. The fourth-order valence-corrected chi connectivity index (χ4v) is 2.77. The second kappa shape index (κ2) is 9.77. The number of amides is 1. The molecular formula is C18H16ClF4N3O5. The van der Waals surface area contributed by atoms with Gasteiger partial charge in [-0.25, -0.2) is 4.39 Å². The zero-order valence-corrected chi connectivity index (χ0v) is 16.9. The molecule has 1 aromatic heterocycles. The lowest BCUT2D eigenvalue weighted by Crippen LogP contribution is -2.21. The first-order valence-corrected chi connectivity index (χ1v) is 8.90. The molecule has 0 aliphatic carbocycles. The molecule has 0 unspecified atom stereocenters. The first-order valence-electron chi connectivity index (χ1n) is 8.52. The maximum atomic E-state index is 14.2. The van der Waals surface area contributed by atoms with E-state index in [1.54, 1.807) is 0 Å². The lowest BCUT2D eigenvalue weighted by Gasteiger charge is -2.15. The van der Waals surface area contributed by atoms with Gasteiger partial charge in [-0.1, -0.05) is 11.6 Å². The largest absolute Gasteiger partial charge is 0.469 e. The van der Waals surface area contributed by atoms with Crippen molar-refractivity contribution in [3.05, 3.63) is 46.5 Å². The Hall–Kier alpha value is -3.15. The van der Waals surface area contributed by atoms with Gasteiger partial charge < -0.3 is 14.8 Å². The molecule has 0 aliphatic rings. The number of hydrogen-bond acceptors (Lipinski definition) is 6. The molecule has 0 fully saturated rings. The molecule has 0 atom stereocenters. The highest BCUT2D eigenvalue weighted by molar-refractivity contribution is 6.31. The van der Waals surface area contributed by atoms with E-state index in [2.05, 4.69) is 19.9 Å². The minimum Gasteiger partial charge on any atom is -0.469 e. The Morgan fingerprint density at radius 2 is 1.74 bits per heavy atom. The number of nitrogens with one attached hydrogen (secondary N) is 1. The van der Waals surface area contributed by atoms with Crippen LogP contribution in [0.4, 0.5) is 23.2 Å². The van der Waals surface area contributed by atoms with E-state index in [1.165, 1.54) is 0 Å². The Morgan fingerprint density at radius 1 is 1.16 bits per heavy atom. The molecule has 1 amide bonds. The molecule has 13 heteroatoms. The number of halogens is 5. The van der Waals surface area contributed by atoms with Gasteiger partial charge in [0, 0.05) is 6.20 Å². The zero-order chi connectivity index (χ0) is 23.3. The lowest BCUT2D eigenvalue weighted by molar-refractivity contribution is -0.144. The summed E-state index contributed by atoms with van der Waals surface area (Å²) in [5.74, 6) is -4.27. The van der Waals surface area contributed by atoms with Gasteiger partial charge in [-0.05, 0) is 12.1 Å². The van der Waals surface area contributed by atoms with E-state index in [0.717, 1.165) is 31.3 Å². The van der Waals surface area contributed by atoms with Crippen LogP contribution >= 0.6 is 11.6 Å². The molecule has 0 saturated carbocycles. The van der Waals surface area contributed by atoms with Gasteiger partial charge in [0.2, 0.25) is 0 Å². The number of anilines is 1. The molecule has 0 saturated heterocycles. The molecule has 8 nitrogen and oxygen atoms in total. The maximum Gasteiger partial charge on any atom is 0.417 e. The molecule has 2 rings (SSSR count). The molecule has 0 bridgehead atoms. The molecule has 0 aliphatic heterocycles. The number of carbonyl (C=O) groups excluding carboxylic acids is 3. The van der Waals surface area contributed by atoms with E-state index in [4.69, 9.17) is 11.6 Å². The third-order valence-electron chi connectivity index (χ3n) is 4.12. The van der Waals surface area contributed by atoms with Gasteiger partial charge in [0.1, 0.15) is 0 Å². The van der Waals surface area contributed by atoms with Crippen LogP contribution in [0.1, 0.15) is 34.8 Å². The predicted molar refractivity (Wildman–Crippen MR) is 98.9 cm³/mol. The van der Waals surface area contributed by atoms with Gasteiger partial charge in [-0.15, -0.1) is 0 Å². The van der Waals surface area contributed by atoms with Crippen molar-refractivity contribution in [2.24, 2.45) is 0 Å². The summed E-state index contributed by atoms with van der Waals surface area (Å²) in [7, 11) is 2.29. The van der Waals surface area contributed by atoms with Gasteiger partial charge in [-0.2, -0.15) is 18.3 Å². The van der Waals surface area contributed by atoms with Crippen molar-refractivity contribution in [1.82, 2.24) is 9.78 Å². The number of esters is 2. The highest BCUT2D eigenvalue weighted by atomic mass is 35.5. The number of aromatic nitrogens is 2. The number of methoxy groups -OCH3 is 2. The van der Waals surface area contributed by atoms with Crippen LogP contribution in [-0.4, -0.2) is 41.8 Å². The fraction of sp³-hybridized carbons (Fsp3) is 0.333. The predicted octanol–water partition coefficient (Wildman–Crippen LogP) is 3.61. The Bertz CT molecular complexity index is 975. The summed E-state index contributed by atoms with van der Waals surface area (Å²) < 4.78 is 64.0. The highest BCUT2D eigenvalue weighted by Gasteiger charge is 2.37. The minimum atomic E-state index is -5.01. The van der Waals surface area contributed by atoms with E-state index in [1.807, 2.05) is 0 Å². The first kappa shape index (κ1) is 24.1. The Labute approximate surface area is 178 Å². The first-order chi connectivity index (χ1) is 14.5. The smallest absolute Gasteiger partial charge is 0.417 e. The normalized spacial score (nSPS) is 11.4. The summed E-state index contributed by atoms with van der Waals surface area (Å²) in [6.45, 7) is 0. The second-order valence-corrected chi connectivity index (χ2v) is 6.57. The summed E-state index contributed by atoms with van der Waals surface area (Å²) in [5.41, 5.74) is -2.90. The number of alkyl halides is 3. The third kappa shape index (κ3) is 5.94. The number of nitrogens with zero attached hydrogens (tertiary/aromatic N) is 2. The monoisotopic (exact) mass is 465 g/mol. The number of ether oxygens (including phenoxy) is 2. The van der Waals surface area contributed by atoms with Crippen LogP contribution in [0, 0.1) is 5.82 Å². The summed E-state index contributed by atoms with van der Waals surface area (Å²) >= 11 is 5.53. The van der Waals surface area contributed by atoms with Crippen molar-refractivity contribution in [2.75, 3.05) is 19.5 Å². The van der Waals surface area contributed by atoms with Crippen LogP contribution in [-0.2, 0) is 25.2 Å². The van der Waals surface area contributed by atoms with E-state index >= 15 is 0 Å². The van der Waals surface area contributed by atoms with Crippen LogP contribution in [0.5, 0.6) is 0 Å². The topological polar surface area (TPSA) is 99.5 Å². The summed E-state index contributed by atoms with van der Waals surface area (Å²) in [6.07, 6.45) is -3.35. The SMILES string of the molecule is COC(=O)CC(CC(=O)OC)n1cc(NC(=O)c2c(C(F)(F)F)ccc(Cl)c2F)cn1. The van der Waals surface area contributed by atoms with Crippen molar-refractivity contribution in [3.8, 4) is 0 Å². The van der Waals surface area contributed by atoms with Crippen molar-refractivity contribution in [1.29, 1.82) is 0 Å². The van der Waals surface area contributed by atoms with Gasteiger partial charge >= 0.3 is 18.1 Å². The Morgan fingerprint density at radius 3 is 2.26 bits per heavy atom. The van der Waals surface area contributed by atoms with E-state index in [-0.39, 0.29) is 18.5 Å². The van der Waals surface area contributed by atoms with Crippen LogP contribution in [0.25, 0.3) is 0 Å². The lowest BCUT2D eigenvalue weighted by atomic mass is 10.1. The average molecular weight is 466 g/mol. The molecule has 1 heterocycles. The quantitative estimate of drug-likeness (QED) is 0.495. The van der Waals surface area contributed by atoms with Crippen molar-refractivity contribution < 1.29 is 41.4 Å². The number of carbonyl (C=O) groups is 3. The minimum absolute atomic E-state index is 0.114. The zero-order valence-electron chi connectivity index (χ0n) is 16.1. The van der Waals surface area contributed by atoms with Gasteiger partial charge in [0.15, 0.2) is 5.82 Å². The van der Waals surface area contributed by atoms with Crippen LogP contribution in [0.2, 0.25) is 5.02 Å².